The van der Waals surface area contributed by atoms with E-state index in [0.717, 1.165) is 11.4 Å². The van der Waals surface area contributed by atoms with Crippen LogP contribution in [-0.2, 0) is 13.0 Å². The second kappa shape index (κ2) is 6.85. The molecule has 1 N–H and O–H groups in total. The van der Waals surface area contributed by atoms with Gasteiger partial charge in [-0.05, 0) is 5.92 Å². The molecule has 0 aliphatic heterocycles. The highest BCUT2D eigenvalue weighted by atomic mass is 35.5. The van der Waals surface area contributed by atoms with E-state index in [-0.39, 0.29) is 10.6 Å². The van der Waals surface area contributed by atoms with Gasteiger partial charge in [-0.15, -0.1) is 11.3 Å². The highest BCUT2D eigenvalue weighted by molar-refractivity contribution is 7.09. The molecule has 0 radical (unpaired) electrons. The average molecular weight is 313 g/mol. The van der Waals surface area contributed by atoms with Crippen molar-refractivity contribution in [3.63, 3.8) is 0 Å². The van der Waals surface area contributed by atoms with Gasteiger partial charge >= 0.3 is 0 Å². The molecule has 0 unspecified atom stereocenters. The highest BCUT2D eigenvalue weighted by Crippen LogP contribution is 2.15. The quantitative estimate of drug-likeness (QED) is 0.891. The van der Waals surface area contributed by atoms with E-state index in [1.165, 1.54) is 4.68 Å². The molecule has 2 heterocycles. The monoisotopic (exact) mass is 312 g/mol. The van der Waals surface area contributed by atoms with E-state index in [4.69, 9.17) is 11.6 Å². The number of halogens is 1. The van der Waals surface area contributed by atoms with Crippen molar-refractivity contribution in [3.05, 3.63) is 38.2 Å². The summed E-state index contributed by atoms with van der Waals surface area (Å²) in [6.45, 7) is 5.30. The lowest BCUT2D eigenvalue weighted by molar-refractivity contribution is 0.464. The topological polar surface area (TPSA) is 59.8 Å². The first-order valence-electron chi connectivity index (χ1n) is 6.45. The molecular formula is C13H17ClN4OS. The number of hydrogen-bond donors (Lipinski definition) is 1. The van der Waals surface area contributed by atoms with Gasteiger partial charge in [-0.2, -0.15) is 5.10 Å². The van der Waals surface area contributed by atoms with Crippen molar-refractivity contribution in [1.82, 2.24) is 14.8 Å². The molecule has 0 atom stereocenters. The zero-order valence-corrected chi connectivity index (χ0v) is 13.0. The molecule has 7 heteroatoms. The Hall–Kier alpha value is -1.40. The number of hydrogen-bond acceptors (Lipinski definition) is 5. The largest absolute Gasteiger partial charge is 0.382 e. The molecule has 0 bridgehead atoms. The fraction of sp³-hybridized carbons (Fsp3) is 0.462. The van der Waals surface area contributed by atoms with E-state index in [1.807, 2.05) is 19.2 Å². The number of nitrogens with one attached hydrogen (secondary N) is 1. The molecule has 0 aromatic carbocycles. The van der Waals surface area contributed by atoms with Crippen LogP contribution in [0.1, 0.15) is 18.9 Å². The molecule has 0 saturated carbocycles. The molecule has 2 aromatic rings. The number of rotatable bonds is 6. The predicted octanol–water partition coefficient (Wildman–Crippen LogP) is 2.66. The molecule has 0 spiro atoms. The van der Waals surface area contributed by atoms with Crippen molar-refractivity contribution in [2.45, 2.75) is 26.8 Å². The van der Waals surface area contributed by atoms with E-state index < -0.39 is 0 Å². The van der Waals surface area contributed by atoms with Crippen LogP contribution in [0.5, 0.6) is 0 Å². The third-order valence-electron chi connectivity index (χ3n) is 2.66. The van der Waals surface area contributed by atoms with Crippen molar-refractivity contribution in [3.8, 4) is 0 Å². The number of anilines is 1. The summed E-state index contributed by atoms with van der Waals surface area (Å²) in [5.74, 6) is 0.347. The Morgan fingerprint density at radius 2 is 2.30 bits per heavy atom. The smallest absolute Gasteiger partial charge is 0.287 e. The summed E-state index contributed by atoms with van der Waals surface area (Å²) in [5, 5.41) is 10.5. The molecular weight excluding hydrogens is 296 g/mol. The molecule has 0 aliphatic carbocycles. The van der Waals surface area contributed by atoms with E-state index in [9.17, 15) is 4.79 Å². The fourth-order valence-corrected chi connectivity index (χ4v) is 2.58. The average Bonchev–Trinajstić information content (AvgIpc) is 2.90. The van der Waals surface area contributed by atoms with E-state index >= 15 is 0 Å². The third kappa shape index (κ3) is 3.80. The number of aromatic nitrogens is 3. The van der Waals surface area contributed by atoms with Crippen molar-refractivity contribution in [2.75, 3.05) is 11.9 Å². The zero-order valence-electron chi connectivity index (χ0n) is 11.5. The maximum atomic E-state index is 12.0. The maximum Gasteiger partial charge on any atom is 0.287 e. The van der Waals surface area contributed by atoms with Crippen LogP contribution in [0.2, 0.25) is 5.02 Å². The zero-order chi connectivity index (χ0) is 14.5. The molecule has 5 nitrogen and oxygen atoms in total. The lowest BCUT2D eigenvalue weighted by atomic mass is 10.2. The molecule has 0 fully saturated rings. The molecule has 0 saturated heterocycles. The van der Waals surface area contributed by atoms with Crippen LogP contribution in [0.3, 0.4) is 0 Å². The Balaban J connectivity index is 2.02. The van der Waals surface area contributed by atoms with Gasteiger partial charge in [0.1, 0.15) is 5.02 Å². The first-order valence-corrected chi connectivity index (χ1v) is 7.71. The molecule has 20 heavy (non-hydrogen) atoms. The Labute approximate surface area is 126 Å². The van der Waals surface area contributed by atoms with Gasteiger partial charge in [-0.1, -0.05) is 25.4 Å². The first-order chi connectivity index (χ1) is 9.58. The SMILES string of the molecule is CC(C)Cn1ncc(NCCc2nccs2)c(Cl)c1=O. The van der Waals surface area contributed by atoms with Crippen LogP contribution >= 0.6 is 22.9 Å². The summed E-state index contributed by atoms with van der Waals surface area (Å²) in [6, 6.07) is 0. The number of thiazole rings is 1. The normalized spacial score (nSPS) is 11.0. The first kappa shape index (κ1) is 15.0. The summed E-state index contributed by atoms with van der Waals surface area (Å²) in [6.07, 6.45) is 4.18. The Kier molecular flexibility index (Phi) is 5.14. The second-order valence-electron chi connectivity index (χ2n) is 4.86. The minimum absolute atomic E-state index is 0.194. The van der Waals surface area contributed by atoms with Crippen molar-refractivity contribution in [2.24, 2.45) is 5.92 Å². The Bertz CT molecular complexity index is 609. The van der Waals surface area contributed by atoms with Crippen LogP contribution in [-0.4, -0.2) is 21.3 Å². The minimum atomic E-state index is -0.250. The lowest BCUT2D eigenvalue weighted by Crippen LogP contribution is -2.26. The standard InChI is InChI=1S/C13H17ClN4OS/c1-9(2)8-18-13(19)12(14)10(7-17-18)15-4-3-11-16-5-6-20-11/h5-7,9,15H,3-4,8H2,1-2H3. The summed E-state index contributed by atoms with van der Waals surface area (Å²) in [5.41, 5.74) is 0.327. The van der Waals surface area contributed by atoms with Gasteiger partial charge in [0.05, 0.1) is 16.9 Å². The highest BCUT2D eigenvalue weighted by Gasteiger charge is 2.10. The third-order valence-corrected chi connectivity index (χ3v) is 3.87. The fourth-order valence-electron chi connectivity index (χ4n) is 1.74. The minimum Gasteiger partial charge on any atom is -0.382 e. The van der Waals surface area contributed by atoms with E-state index in [1.54, 1.807) is 23.7 Å². The summed E-state index contributed by atoms with van der Waals surface area (Å²) >= 11 is 7.70. The summed E-state index contributed by atoms with van der Waals surface area (Å²) in [4.78, 5) is 16.2. The second-order valence-corrected chi connectivity index (χ2v) is 6.21. The number of nitrogens with zero attached hydrogens (tertiary/aromatic N) is 3. The summed E-state index contributed by atoms with van der Waals surface area (Å²) < 4.78 is 1.40. The van der Waals surface area contributed by atoms with Crippen LogP contribution in [0.15, 0.2) is 22.6 Å². The lowest BCUT2D eigenvalue weighted by Gasteiger charge is -2.11. The van der Waals surface area contributed by atoms with Gasteiger partial charge < -0.3 is 5.32 Å². The van der Waals surface area contributed by atoms with E-state index in [2.05, 4.69) is 15.4 Å². The molecule has 2 aromatic heterocycles. The van der Waals surface area contributed by atoms with Crippen molar-refractivity contribution < 1.29 is 0 Å². The van der Waals surface area contributed by atoms with Gasteiger partial charge in [0.15, 0.2) is 0 Å². The van der Waals surface area contributed by atoms with Crippen LogP contribution in [0.4, 0.5) is 5.69 Å². The van der Waals surface area contributed by atoms with E-state index in [0.29, 0.717) is 24.7 Å². The Morgan fingerprint density at radius 3 is 2.95 bits per heavy atom. The van der Waals surface area contributed by atoms with Crippen LogP contribution < -0.4 is 10.9 Å². The van der Waals surface area contributed by atoms with Gasteiger partial charge in [0.25, 0.3) is 5.56 Å². The predicted molar refractivity (Wildman–Crippen MR) is 82.7 cm³/mol. The molecule has 2 rings (SSSR count). The van der Waals surface area contributed by atoms with Gasteiger partial charge in [-0.3, -0.25) is 4.79 Å². The van der Waals surface area contributed by atoms with Crippen molar-refractivity contribution >= 4 is 28.6 Å². The Morgan fingerprint density at radius 1 is 1.50 bits per heavy atom. The summed E-state index contributed by atoms with van der Waals surface area (Å²) in [7, 11) is 0. The van der Waals surface area contributed by atoms with Gasteiger partial charge in [0, 0.05) is 31.1 Å². The molecule has 0 aliphatic rings. The van der Waals surface area contributed by atoms with Gasteiger partial charge in [0.2, 0.25) is 0 Å². The van der Waals surface area contributed by atoms with Crippen molar-refractivity contribution in [1.29, 1.82) is 0 Å². The van der Waals surface area contributed by atoms with Gasteiger partial charge in [-0.25, -0.2) is 9.67 Å². The van der Waals surface area contributed by atoms with Crippen LogP contribution in [0, 0.1) is 5.92 Å². The molecule has 108 valence electrons. The molecule has 0 amide bonds. The maximum absolute atomic E-state index is 12.0. The van der Waals surface area contributed by atoms with Crippen LogP contribution in [0.25, 0.3) is 0 Å².